The molecule has 0 fully saturated rings. The third-order valence-electron chi connectivity index (χ3n) is 3.63. The number of halogens is 1. The zero-order valence-corrected chi connectivity index (χ0v) is 15.6. The van der Waals surface area contributed by atoms with E-state index in [4.69, 9.17) is 4.74 Å². The quantitative estimate of drug-likeness (QED) is 0.638. The molecule has 0 saturated carbocycles. The van der Waals surface area contributed by atoms with Gasteiger partial charge in [-0.2, -0.15) is 8.42 Å². The minimum atomic E-state index is -3.98. The lowest BCUT2D eigenvalue weighted by molar-refractivity contribution is 0.0526. The molecule has 3 rings (SSSR count). The minimum absolute atomic E-state index is 0.0939. The van der Waals surface area contributed by atoms with E-state index in [1.54, 1.807) is 36.7 Å². The van der Waals surface area contributed by atoms with Crippen molar-refractivity contribution >= 4 is 37.5 Å². The summed E-state index contributed by atoms with van der Waals surface area (Å²) in [5, 5.41) is 0. The van der Waals surface area contributed by atoms with Crippen molar-refractivity contribution in [3.63, 3.8) is 0 Å². The highest BCUT2D eigenvalue weighted by atomic mass is 32.2. The van der Waals surface area contributed by atoms with E-state index in [0.717, 1.165) is 29.0 Å². The highest BCUT2D eigenvalue weighted by Crippen LogP contribution is 2.20. The number of esters is 1. The largest absolute Gasteiger partial charge is 0.462 e. The Morgan fingerprint density at radius 1 is 1.23 bits per heavy atom. The van der Waals surface area contributed by atoms with Crippen LogP contribution in [0.4, 0.5) is 4.39 Å². The maximum Gasteiger partial charge on any atom is 0.338 e. The van der Waals surface area contributed by atoms with Crippen molar-refractivity contribution in [2.75, 3.05) is 6.61 Å². The zero-order valence-electron chi connectivity index (χ0n) is 14.0. The highest BCUT2D eigenvalue weighted by Gasteiger charge is 2.15. The van der Waals surface area contributed by atoms with E-state index < -0.39 is 21.8 Å². The lowest BCUT2D eigenvalue weighted by atomic mass is 10.2. The van der Waals surface area contributed by atoms with Gasteiger partial charge in [0.05, 0.1) is 27.3 Å². The maximum absolute atomic E-state index is 13.0. The molecule has 3 aromatic rings. The molecule has 0 bridgehead atoms. The van der Waals surface area contributed by atoms with Gasteiger partial charge in [0.1, 0.15) is 5.82 Å². The summed E-state index contributed by atoms with van der Waals surface area (Å²) in [5.74, 6) is -0.967. The summed E-state index contributed by atoms with van der Waals surface area (Å²) in [7, 11) is -2.30. The van der Waals surface area contributed by atoms with E-state index in [0.29, 0.717) is 10.3 Å². The van der Waals surface area contributed by atoms with Crippen molar-refractivity contribution in [3.05, 3.63) is 58.6 Å². The topological polar surface area (TPSA) is 77.7 Å². The Bertz CT molecular complexity index is 1150. The van der Waals surface area contributed by atoms with E-state index in [1.165, 1.54) is 12.1 Å². The first kappa shape index (κ1) is 18.3. The van der Waals surface area contributed by atoms with Crippen LogP contribution in [0.15, 0.2) is 51.8 Å². The number of benzene rings is 2. The molecule has 0 amide bonds. The first-order valence-electron chi connectivity index (χ1n) is 7.65. The summed E-state index contributed by atoms with van der Waals surface area (Å²) < 4.78 is 49.0. The number of thiazole rings is 1. The second-order valence-corrected chi connectivity index (χ2v) is 7.98. The Morgan fingerprint density at radius 3 is 2.58 bits per heavy atom. The standard InChI is InChI=1S/C17H15FN2O4S2/c1-3-24-16(21)11-4-9-14-15(10-11)25-17(20(14)2)19-26(22,23)13-7-5-12(18)6-8-13/h4-10H,3H2,1-2H3. The normalized spacial score (nSPS) is 12.5. The fourth-order valence-electron chi connectivity index (χ4n) is 2.33. The van der Waals surface area contributed by atoms with Gasteiger partial charge in [0, 0.05) is 7.05 Å². The molecule has 0 aliphatic rings. The Balaban J connectivity index is 2.10. The molecule has 0 radical (unpaired) electrons. The molecule has 2 aromatic carbocycles. The lowest BCUT2D eigenvalue weighted by Crippen LogP contribution is -2.13. The molecule has 0 unspecified atom stereocenters. The zero-order chi connectivity index (χ0) is 18.9. The minimum Gasteiger partial charge on any atom is -0.462 e. The van der Waals surface area contributed by atoms with E-state index >= 15 is 0 Å². The number of carbonyl (C=O) groups excluding carboxylic acids is 1. The van der Waals surface area contributed by atoms with Gasteiger partial charge in [-0.25, -0.2) is 9.18 Å². The number of rotatable bonds is 4. The van der Waals surface area contributed by atoms with Crippen LogP contribution in [-0.2, 0) is 21.8 Å². The van der Waals surface area contributed by atoms with Gasteiger partial charge in [-0.1, -0.05) is 11.3 Å². The fourth-order valence-corrected chi connectivity index (χ4v) is 4.61. The summed E-state index contributed by atoms with van der Waals surface area (Å²) in [5.41, 5.74) is 1.12. The van der Waals surface area contributed by atoms with Crippen LogP contribution in [0.3, 0.4) is 0 Å². The van der Waals surface area contributed by atoms with Gasteiger partial charge in [-0.15, -0.1) is 4.40 Å². The Kier molecular flexibility index (Phi) is 4.92. The number of nitrogens with zero attached hydrogens (tertiary/aromatic N) is 2. The second-order valence-electron chi connectivity index (χ2n) is 5.37. The average Bonchev–Trinajstić information content (AvgIpc) is 2.90. The number of hydrogen-bond acceptors (Lipinski definition) is 5. The van der Waals surface area contributed by atoms with Gasteiger partial charge in [0.2, 0.25) is 4.80 Å². The Hall–Kier alpha value is -2.52. The van der Waals surface area contributed by atoms with Crippen LogP contribution in [0.2, 0.25) is 0 Å². The van der Waals surface area contributed by atoms with Gasteiger partial charge < -0.3 is 9.30 Å². The summed E-state index contributed by atoms with van der Waals surface area (Å²) in [6, 6.07) is 9.44. The molecule has 0 aliphatic carbocycles. The number of ether oxygens (including phenoxy) is 1. The molecule has 0 aliphatic heterocycles. The molecule has 1 heterocycles. The predicted molar refractivity (Wildman–Crippen MR) is 95.9 cm³/mol. The van der Waals surface area contributed by atoms with Gasteiger partial charge in [-0.05, 0) is 49.4 Å². The van der Waals surface area contributed by atoms with Gasteiger partial charge in [0.25, 0.3) is 10.0 Å². The van der Waals surface area contributed by atoms with Crippen molar-refractivity contribution in [2.45, 2.75) is 11.8 Å². The van der Waals surface area contributed by atoms with Gasteiger partial charge in [-0.3, -0.25) is 0 Å². The number of sulfonamides is 1. The van der Waals surface area contributed by atoms with Crippen molar-refractivity contribution in [2.24, 2.45) is 11.4 Å². The summed E-state index contributed by atoms with van der Waals surface area (Å²) >= 11 is 1.13. The van der Waals surface area contributed by atoms with Crippen molar-refractivity contribution in [3.8, 4) is 0 Å². The first-order chi connectivity index (χ1) is 12.3. The number of fused-ring (bicyclic) bond motifs is 1. The summed E-state index contributed by atoms with van der Waals surface area (Å²) in [6.07, 6.45) is 0. The van der Waals surface area contributed by atoms with E-state index in [1.807, 2.05) is 0 Å². The summed E-state index contributed by atoms with van der Waals surface area (Å²) in [4.78, 5) is 12.0. The SMILES string of the molecule is CCOC(=O)c1ccc2c(c1)sc(=NS(=O)(=O)c1ccc(F)cc1)n2C. The first-order valence-corrected chi connectivity index (χ1v) is 9.91. The Morgan fingerprint density at radius 2 is 1.92 bits per heavy atom. The summed E-state index contributed by atoms with van der Waals surface area (Å²) in [6.45, 7) is 1.99. The molecule has 0 spiro atoms. The fraction of sp³-hybridized carbons (Fsp3) is 0.176. The highest BCUT2D eigenvalue weighted by molar-refractivity contribution is 7.90. The third kappa shape index (κ3) is 3.54. The number of aryl methyl sites for hydroxylation is 1. The van der Waals surface area contributed by atoms with Crippen LogP contribution < -0.4 is 4.80 Å². The molecular weight excluding hydrogens is 379 g/mol. The maximum atomic E-state index is 13.0. The van der Waals surface area contributed by atoms with Crippen molar-refractivity contribution < 1.29 is 22.3 Å². The number of carbonyl (C=O) groups is 1. The van der Waals surface area contributed by atoms with Gasteiger partial charge in [0.15, 0.2) is 0 Å². The van der Waals surface area contributed by atoms with Gasteiger partial charge >= 0.3 is 5.97 Å². The Labute approximate surface area is 153 Å². The smallest absolute Gasteiger partial charge is 0.338 e. The monoisotopic (exact) mass is 394 g/mol. The van der Waals surface area contributed by atoms with Crippen LogP contribution in [0.1, 0.15) is 17.3 Å². The molecule has 26 heavy (non-hydrogen) atoms. The third-order valence-corrected chi connectivity index (χ3v) is 6.12. The molecule has 9 heteroatoms. The van der Waals surface area contributed by atoms with Crippen LogP contribution in [0.5, 0.6) is 0 Å². The van der Waals surface area contributed by atoms with Crippen molar-refractivity contribution in [1.82, 2.24) is 4.57 Å². The average molecular weight is 394 g/mol. The van der Waals surface area contributed by atoms with E-state index in [9.17, 15) is 17.6 Å². The number of aromatic nitrogens is 1. The van der Waals surface area contributed by atoms with Crippen LogP contribution in [-0.4, -0.2) is 25.6 Å². The molecule has 1 aromatic heterocycles. The van der Waals surface area contributed by atoms with E-state index in [2.05, 4.69) is 4.40 Å². The predicted octanol–water partition coefficient (Wildman–Crippen LogP) is 2.85. The molecule has 0 N–H and O–H groups in total. The molecule has 136 valence electrons. The lowest BCUT2D eigenvalue weighted by Gasteiger charge is -2.01. The van der Waals surface area contributed by atoms with Crippen LogP contribution in [0, 0.1) is 5.82 Å². The molecule has 6 nitrogen and oxygen atoms in total. The van der Waals surface area contributed by atoms with Crippen LogP contribution in [0.25, 0.3) is 10.2 Å². The molecular formula is C17H15FN2O4S2. The second kappa shape index (κ2) is 7.00. The van der Waals surface area contributed by atoms with E-state index in [-0.39, 0.29) is 16.3 Å². The van der Waals surface area contributed by atoms with Crippen molar-refractivity contribution in [1.29, 1.82) is 0 Å². The molecule has 0 saturated heterocycles. The number of hydrogen-bond donors (Lipinski definition) is 0. The molecule has 0 atom stereocenters. The van der Waals surface area contributed by atoms with Crippen LogP contribution >= 0.6 is 11.3 Å².